The molecule has 0 amide bonds. The molecule has 1 rings (SSSR count). The Morgan fingerprint density at radius 1 is 0.882 bits per heavy atom. The second kappa shape index (κ2) is 7.99. The third-order valence-corrected chi connectivity index (χ3v) is 2.01. The van der Waals surface area contributed by atoms with E-state index in [4.69, 9.17) is 21.8 Å². The Morgan fingerprint density at radius 3 is 1.76 bits per heavy atom. The largest absolute Gasteiger partial charge is 0.396 e. The van der Waals surface area contributed by atoms with Gasteiger partial charge in [0.25, 0.3) is 0 Å². The Hall–Kier alpha value is -1.18. The van der Waals surface area contributed by atoms with Gasteiger partial charge in [0, 0.05) is 26.3 Å². The Kier molecular flexibility index (Phi) is 6.53. The van der Waals surface area contributed by atoms with Gasteiger partial charge < -0.3 is 20.8 Å². The highest BCUT2D eigenvalue weighted by atomic mass is 35.5. The van der Waals surface area contributed by atoms with Gasteiger partial charge in [0.1, 0.15) is 0 Å². The van der Waals surface area contributed by atoms with Crippen molar-refractivity contribution in [1.29, 1.82) is 0 Å². The van der Waals surface area contributed by atoms with Crippen molar-refractivity contribution in [3.63, 3.8) is 0 Å². The van der Waals surface area contributed by atoms with E-state index in [-0.39, 0.29) is 18.5 Å². The minimum atomic E-state index is 0.0954. The van der Waals surface area contributed by atoms with Crippen LogP contribution in [0.3, 0.4) is 0 Å². The summed E-state index contributed by atoms with van der Waals surface area (Å²) in [6.45, 7) is 1.33. The number of halogens is 1. The number of nitrogens with zero attached hydrogens (tertiary/aromatic N) is 3. The molecule has 0 fully saturated rings. The summed E-state index contributed by atoms with van der Waals surface area (Å²) in [4.78, 5) is 11.9. The first-order valence-electron chi connectivity index (χ1n) is 5.37. The molecule has 0 saturated heterocycles. The second-order valence-electron chi connectivity index (χ2n) is 3.26. The van der Waals surface area contributed by atoms with Crippen LogP contribution in [0.2, 0.25) is 5.28 Å². The van der Waals surface area contributed by atoms with Crippen molar-refractivity contribution in [2.75, 3.05) is 36.9 Å². The molecule has 1 aromatic rings. The summed E-state index contributed by atoms with van der Waals surface area (Å²) in [6.07, 6.45) is 1.22. The fourth-order valence-electron chi connectivity index (χ4n) is 1.07. The van der Waals surface area contributed by atoms with Crippen molar-refractivity contribution >= 4 is 23.5 Å². The molecule has 7 nitrogen and oxygen atoms in total. The minimum absolute atomic E-state index is 0.0954. The first-order valence-corrected chi connectivity index (χ1v) is 5.75. The van der Waals surface area contributed by atoms with Crippen LogP contribution in [-0.4, -0.2) is 51.5 Å². The van der Waals surface area contributed by atoms with Crippen LogP contribution in [0, 0.1) is 0 Å². The number of anilines is 2. The van der Waals surface area contributed by atoms with Gasteiger partial charge in [-0.15, -0.1) is 0 Å². The standard InChI is InChI=1S/C9H16ClN5O2/c10-7-13-8(11-3-1-5-16)15-9(14-7)12-4-2-6-17/h16-17H,1-6H2,(H2,11,12,13,14,15). The molecule has 1 heterocycles. The topological polar surface area (TPSA) is 103 Å². The smallest absolute Gasteiger partial charge is 0.228 e. The molecule has 0 radical (unpaired) electrons. The Labute approximate surface area is 104 Å². The molecule has 0 aliphatic carbocycles. The van der Waals surface area contributed by atoms with Gasteiger partial charge in [0.2, 0.25) is 17.2 Å². The number of rotatable bonds is 8. The van der Waals surface area contributed by atoms with Crippen molar-refractivity contribution < 1.29 is 10.2 Å². The number of aliphatic hydroxyl groups excluding tert-OH is 2. The summed E-state index contributed by atoms with van der Waals surface area (Å²) < 4.78 is 0. The van der Waals surface area contributed by atoms with Gasteiger partial charge in [-0.1, -0.05) is 0 Å². The molecule has 0 saturated carbocycles. The van der Waals surface area contributed by atoms with Gasteiger partial charge in [-0.25, -0.2) is 0 Å². The highest BCUT2D eigenvalue weighted by Gasteiger charge is 2.03. The summed E-state index contributed by atoms with van der Waals surface area (Å²) >= 11 is 5.73. The monoisotopic (exact) mass is 261 g/mol. The molecule has 4 N–H and O–H groups in total. The molecule has 0 unspecified atom stereocenters. The van der Waals surface area contributed by atoms with Gasteiger partial charge in [-0.2, -0.15) is 15.0 Å². The van der Waals surface area contributed by atoms with Crippen LogP contribution in [0.15, 0.2) is 0 Å². The Morgan fingerprint density at radius 2 is 1.35 bits per heavy atom. The van der Waals surface area contributed by atoms with Crippen LogP contribution in [0.5, 0.6) is 0 Å². The van der Waals surface area contributed by atoms with Crippen molar-refractivity contribution in [3.05, 3.63) is 5.28 Å². The molecule has 1 aromatic heterocycles. The van der Waals surface area contributed by atoms with Crippen molar-refractivity contribution in [2.24, 2.45) is 0 Å². The van der Waals surface area contributed by atoms with Gasteiger partial charge in [0.15, 0.2) is 0 Å². The molecular formula is C9H16ClN5O2. The summed E-state index contributed by atoms with van der Waals surface area (Å²) in [6, 6.07) is 0. The molecule has 17 heavy (non-hydrogen) atoms. The maximum absolute atomic E-state index is 8.64. The predicted octanol–water partition coefficient (Wildman–Crippen LogP) is 0.114. The lowest BCUT2D eigenvalue weighted by Gasteiger charge is -2.07. The first kappa shape index (κ1) is 13.9. The Bertz CT molecular complexity index is 311. The van der Waals surface area contributed by atoms with E-state index in [0.717, 1.165) is 0 Å². The number of nitrogens with one attached hydrogen (secondary N) is 2. The first-order chi connectivity index (χ1) is 8.26. The molecule has 0 aliphatic rings. The van der Waals surface area contributed by atoms with E-state index >= 15 is 0 Å². The van der Waals surface area contributed by atoms with Crippen molar-refractivity contribution in [1.82, 2.24) is 15.0 Å². The van der Waals surface area contributed by atoms with Gasteiger partial charge >= 0.3 is 0 Å². The van der Waals surface area contributed by atoms with Crippen LogP contribution in [0.4, 0.5) is 11.9 Å². The van der Waals surface area contributed by atoms with Crippen molar-refractivity contribution in [2.45, 2.75) is 12.8 Å². The molecule has 0 bridgehead atoms. The van der Waals surface area contributed by atoms with E-state index in [1.807, 2.05) is 0 Å². The van der Waals surface area contributed by atoms with Crippen LogP contribution in [-0.2, 0) is 0 Å². The quantitative estimate of drug-likeness (QED) is 0.493. The third kappa shape index (κ3) is 5.62. The Balaban J connectivity index is 2.53. The molecular weight excluding hydrogens is 246 g/mol. The lowest BCUT2D eigenvalue weighted by Crippen LogP contribution is -2.12. The van der Waals surface area contributed by atoms with E-state index in [0.29, 0.717) is 37.8 Å². The molecule has 96 valence electrons. The second-order valence-corrected chi connectivity index (χ2v) is 3.60. The van der Waals surface area contributed by atoms with Crippen LogP contribution >= 0.6 is 11.6 Å². The zero-order chi connectivity index (χ0) is 12.5. The van der Waals surface area contributed by atoms with Gasteiger partial charge in [-0.05, 0) is 24.4 Å². The van der Waals surface area contributed by atoms with Gasteiger partial charge in [-0.3, -0.25) is 0 Å². The van der Waals surface area contributed by atoms with E-state index in [1.165, 1.54) is 0 Å². The summed E-state index contributed by atoms with van der Waals surface area (Å²) in [5.41, 5.74) is 0. The van der Waals surface area contributed by atoms with E-state index in [9.17, 15) is 0 Å². The molecule has 0 atom stereocenters. The number of hydrogen-bond donors (Lipinski definition) is 4. The third-order valence-electron chi connectivity index (χ3n) is 1.84. The van der Waals surface area contributed by atoms with Crippen molar-refractivity contribution in [3.8, 4) is 0 Å². The highest BCUT2D eigenvalue weighted by Crippen LogP contribution is 2.09. The SMILES string of the molecule is OCCCNc1nc(Cl)nc(NCCCO)n1. The van der Waals surface area contributed by atoms with E-state index < -0.39 is 0 Å². The molecule has 8 heteroatoms. The molecule has 0 spiro atoms. The number of aromatic nitrogens is 3. The minimum Gasteiger partial charge on any atom is -0.396 e. The fourth-order valence-corrected chi connectivity index (χ4v) is 1.23. The molecule has 0 aliphatic heterocycles. The summed E-state index contributed by atoms with van der Waals surface area (Å²) in [5, 5.41) is 23.2. The van der Waals surface area contributed by atoms with E-state index in [2.05, 4.69) is 25.6 Å². The normalized spacial score (nSPS) is 10.3. The number of aliphatic hydroxyl groups is 2. The van der Waals surface area contributed by atoms with Crippen LogP contribution in [0.1, 0.15) is 12.8 Å². The van der Waals surface area contributed by atoms with Gasteiger partial charge in [0.05, 0.1) is 0 Å². The number of hydrogen-bond acceptors (Lipinski definition) is 7. The highest BCUT2D eigenvalue weighted by molar-refractivity contribution is 6.28. The lowest BCUT2D eigenvalue weighted by molar-refractivity contribution is 0.292. The maximum Gasteiger partial charge on any atom is 0.228 e. The van der Waals surface area contributed by atoms with E-state index in [1.54, 1.807) is 0 Å². The summed E-state index contributed by atoms with van der Waals surface area (Å²) in [7, 11) is 0. The average molecular weight is 262 g/mol. The lowest BCUT2D eigenvalue weighted by atomic mass is 10.4. The summed E-state index contributed by atoms with van der Waals surface area (Å²) in [5.74, 6) is 0.731. The van der Waals surface area contributed by atoms with Crippen LogP contribution in [0.25, 0.3) is 0 Å². The molecule has 0 aromatic carbocycles. The van der Waals surface area contributed by atoms with Crippen LogP contribution < -0.4 is 10.6 Å². The predicted molar refractivity (Wildman–Crippen MR) is 65.2 cm³/mol. The average Bonchev–Trinajstić information content (AvgIpc) is 2.29. The maximum atomic E-state index is 8.64. The fraction of sp³-hybridized carbons (Fsp3) is 0.667. The zero-order valence-electron chi connectivity index (χ0n) is 9.36. The zero-order valence-corrected chi connectivity index (χ0v) is 10.1.